The van der Waals surface area contributed by atoms with E-state index in [1.54, 1.807) is 0 Å². The van der Waals surface area contributed by atoms with Gasteiger partial charge < -0.3 is 15.6 Å². The van der Waals surface area contributed by atoms with Crippen molar-refractivity contribution in [2.45, 2.75) is 25.5 Å². The largest absolute Gasteiger partial charge is 0.477 e. The van der Waals surface area contributed by atoms with E-state index in [4.69, 9.17) is 15.6 Å². The number of hydrogen-bond acceptors (Lipinski definition) is 4. The fourth-order valence-corrected chi connectivity index (χ4v) is 1.16. The summed E-state index contributed by atoms with van der Waals surface area (Å²) < 4.78 is 18.2. The van der Waals surface area contributed by atoms with Crippen LogP contribution in [0.15, 0.2) is 16.5 Å². The van der Waals surface area contributed by atoms with Crippen LogP contribution in [-0.4, -0.2) is 30.1 Å². The molecule has 1 fully saturated rings. The van der Waals surface area contributed by atoms with Gasteiger partial charge in [-0.25, -0.2) is 9.18 Å². The van der Waals surface area contributed by atoms with Gasteiger partial charge in [-0.2, -0.15) is 0 Å². The summed E-state index contributed by atoms with van der Waals surface area (Å²) in [5.74, 6) is -2.54. The van der Waals surface area contributed by atoms with Crippen molar-refractivity contribution in [2.24, 2.45) is 10.7 Å². The molecule has 1 atom stereocenters. The molecule has 15 heavy (non-hydrogen) atoms. The molecule has 1 heterocycles. The van der Waals surface area contributed by atoms with Gasteiger partial charge in [-0.15, -0.1) is 0 Å². The van der Waals surface area contributed by atoms with Gasteiger partial charge >= 0.3 is 5.97 Å². The minimum Gasteiger partial charge on any atom is -0.477 e. The Morgan fingerprint density at radius 1 is 1.60 bits per heavy atom. The van der Waals surface area contributed by atoms with Crippen molar-refractivity contribution in [1.82, 2.24) is 0 Å². The molecule has 0 radical (unpaired) electrons. The first-order chi connectivity index (χ1) is 7.11. The topological polar surface area (TPSA) is 84.9 Å². The van der Waals surface area contributed by atoms with Gasteiger partial charge in [-0.3, -0.25) is 4.99 Å². The average Bonchev–Trinajstić information content (AvgIpc) is 2.26. The van der Waals surface area contributed by atoms with E-state index in [0.29, 0.717) is 6.61 Å². The van der Waals surface area contributed by atoms with Crippen LogP contribution in [0, 0.1) is 0 Å². The van der Waals surface area contributed by atoms with Crippen molar-refractivity contribution >= 4 is 12.2 Å². The van der Waals surface area contributed by atoms with E-state index in [1.165, 1.54) is 0 Å². The van der Waals surface area contributed by atoms with Gasteiger partial charge in [0, 0.05) is 6.61 Å². The van der Waals surface area contributed by atoms with E-state index in [2.05, 4.69) is 4.99 Å². The lowest BCUT2D eigenvalue weighted by atomic mass is 10.2. The number of carbonyl (C=O) groups is 1. The van der Waals surface area contributed by atoms with Crippen molar-refractivity contribution in [3.63, 3.8) is 0 Å². The van der Waals surface area contributed by atoms with Crippen LogP contribution in [0.1, 0.15) is 19.3 Å². The normalized spacial score (nSPS) is 23.9. The summed E-state index contributed by atoms with van der Waals surface area (Å²) in [7, 11) is 0. The van der Waals surface area contributed by atoms with E-state index in [1.807, 2.05) is 0 Å². The summed E-state index contributed by atoms with van der Waals surface area (Å²) in [6, 6.07) is 0. The number of carboxylic acid groups (broad SMARTS) is 1. The molecule has 0 bridgehead atoms. The molecule has 0 aromatic rings. The van der Waals surface area contributed by atoms with Crippen LogP contribution in [0.3, 0.4) is 0 Å². The first-order valence-corrected chi connectivity index (χ1v) is 4.64. The Morgan fingerprint density at radius 3 is 2.87 bits per heavy atom. The molecule has 1 saturated heterocycles. The number of aliphatic imine (C=N–C) groups is 1. The highest BCUT2D eigenvalue weighted by Crippen LogP contribution is 2.13. The van der Waals surface area contributed by atoms with E-state index in [-0.39, 0.29) is 6.23 Å². The standard InChI is InChI=1S/C9H13FN2O3/c10-6(8(11)9(13)14)5-12-7-3-1-2-4-15-7/h5,7H,1-4,11H2,(H,13,14)/b8-6+,12-5+. The highest BCUT2D eigenvalue weighted by molar-refractivity contribution is 5.93. The monoisotopic (exact) mass is 216 g/mol. The van der Waals surface area contributed by atoms with Crippen LogP contribution >= 0.6 is 0 Å². The lowest BCUT2D eigenvalue weighted by Gasteiger charge is -2.18. The van der Waals surface area contributed by atoms with Gasteiger partial charge in [0.25, 0.3) is 0 Å². The van der Waals surface area contributed by atoms with Crippen molar-refractivity contribution in [3.05, 3.63) is 11.5 Å². The van der Waals surface area contributed by atoms with Gasteiger partial charge in [0.1, 0.15) is 6.23 Å². The Labute approximate surface area is 86.4 Å². The summed E-state index contributed by atoms with van der Waals surface area (Å²) in [5.41, 5.74) is 4.11. The van der Waals surface area contributed by atoms with E-state index < -0.39 is 17.5 Å². The lowest BCUT2D eigenvalue weighted by molar-refractivity contribution is -0.132. The zero-order valence-electron chi connectivity index (χ0n) is 8.15. The second-order valence-electron chi connectivity index (χ2n) is 3.17. The molecule has 6 heteroatoms. The van der Waals surface area contributed by atoms with E-state index in [0.717, 1.165) is 25.5 Å². The fourth-order valence-electron chi connectivity index (χ4n) is 1.16. The summed E-state index contributed by atoms with van der Waals surface area (Å²) >= 11 is 0. The first-order valence-electron chi connectivity index (χ1n) is 4.64. The Bertz CT molecular complexity index is 296. The molecule has 0 saturated carbocycles. The molecule has 1 unspecified atom stereocenters. The maximum absolute atomic E-state index is 13.0. The number of hydrogen-bond donors (Lipinski definition) is 2. The number of rotatable bonds is 3. The maximum Gasteiger partial charge on any atom is 0.354 e. The van der Waals surface area contributed by atoms with E-state index in [9.17, 15) is 9.18 Å². The number of ether oxygens (including phenoxy) is 1. The van der Waals surface area contributed by atoms with Crippen molar-refractivity contribution < 1.29 is 19.0 Å². The fraction of sp³-hybridized carbons (Fsp3) is 0.556. The van der Waals surface area contributed by atoms with Crippen LogP contribution < -0.4 is 5.73 Å². The second-order valence-corrected chi connectivity index (χ2v) is 3.17. The molecule has 1 aliphatic rings. The molecule has 0 aromatic carbocycles. The molecule has 0 aromatic heterocycles. The Balaban J connectivity index is 2.56. The van der Waals surface area contributed by atoms with E-state index >= 15 is 0 Å². The first kappa shape index (κ1) is 11.6. The highest BCUT2D eigenvalue weighted by Gasteiger charge is 2.12. The van der Waals surface area contributed by atoms with Gasteiger partial charge in [-0.1, -0.05) is 0 Å². The van der Waals surface area contributed by atoms with Crippen LogP contribution in [0.25, 0.3) is 0 Å². The van der Waals surface area contributed by atoms with Crippen molar-refractivity contribution in [3.8, 4) is 0 Å². The van der Waals surface area contributed by atoms with Gasteiger partial charge in [0.15, 0.2) is 11.5 Å². The summed E-state index contributed by atoms with van der Waals surface area (Å²) in [4.78, 5) is 14.0. The Morgan fingerprint density at radius 2 is 2.33 bits per heavy atom. The third-order valence-corrected chi connectivity index (χ3v) is 2.00. The third kappa shape index (κ3) is 3.67. The molecule has 0 spiro atoms. The molecule has 0 amide bonds. The Kier molecular flexibility index (Phi) is 4.23. The predicted octanol–water partition coefficient (Wildman–Crippen LogP) is 0.808. The smallest absolute Gasteiger partial charge is 0.354 e. The quantitative estimate of drug-likeness (QED) is 0.540. The average molecular weight is 216 g/mol. The molecule has 84 valence electrons. The number of nitrogens with two attached hydrogens (primary N) is 1. The molecule has 0 aliphatic carbocycles. The number of nitrogens with zero attached hydrogens (tertiary/aromatic N) is 1. The molecule has 1 aliphatic heterocycles. The van der Waals surface area contributed by atoms with Crippen LogP contribution in [0.5, 0.6) is 0 Å². The lowest BCUT2D eigenvalue weighted by Crippen LogP contribution is -2.17. The summed E-state index contributed by atoms with van der Waals surface area (Å²) in [6.07, 6.45) is 3.09. The second kappa shape index (κ2) is 5.45. The highest BCUT2D eigenvalue weighted by atomic mass is 19.1. The summed E-state index contributed by atoms with van der Waals surface area (Å²) in [5, 5.41) is 8.37. The number of halogens is 1. The third-order valence-electron chi connectivity index (χ3n) is 2.00. The zero-order chi connectivity index (χ0) is 11.3. The predicted molar refractivity (Wildman–Crippen MR) is 52.0 cm³/mol. The van der Waals surface area contributed by atoms with Crippen molar-refractivity contribution in [2.75, 3.05) is 6.61 Å². The maximum atomic E-state index is 13.0. The number of aliphatic carboxylic acids is 1. The molecule has 3 N–H and O–H groups in total. The summed E-state index contributed by atoms with van der Waals surface area (Å²) in [6.45, 7) is 0.599. The van der Waals surface area contributed by atoms with Crippen LogP contribution in [0.2, 0.25) is 0 Å². The van der Waals surface area contributed by atoms with Crippen LogP contribution in [-0.2, 0) is 9.53 Å². The van der Waals surface area contributed by atoms with Crippen molar-refractivity contribution in [1.29, 1.82) is 0 Å². The number of allylic oxidation sites excluding steroid dienone is 1. The zero-order valence-corrected chi connectivity index (χ0v) is 8.15. The minimum absolute atomic E-state index is 0.383. The minimum atomic E-state index is -1.50. The van der Waals surface area contributed by atoms with Gasteiger partial charge in [0.05, 0.1) is 6.21 Å². The molecule has 5 nitrogen and oxygen atoms in total. The molecular weight excluding hydrogens is 203 g/mol. The van der Waals surface area contributed by atoms with Crippen LogP contribution in [0.4, 0.5) is 4.39 Å². The SMILES string of the molecule is N/C(C(=O)O)=C(F)\C=N\C1CCCCO1. The number of carboxylic acids is 1. The van der Waals surface area contributed by atoms with Gasteiger partial charge in [0.2, 0.25) is 0 Å². The molecule has 1 rings (SSSR count). The molecular formula is C9H13FN2O3. The Hall–Kier alpha value is -1.43. The van der Waals surface area contributed by atoms with Gasteiger partial charge in [-0.05, 0) is 19.3 Å².